The molecule has 94 valence electrons. The van der Waals surface area contributed by atoms with Crippen molar-refractivity contribution in [2.24, 2.45) is 0 Å². The van der Waals surface area contributed by atoms with Gasteiger partial charge in [0.25, 0.3) is 0 Å². The molecule has 1 unspecified atom stereocenters. The largest absolute Gasteiger partial charge is 0.492 e. The maximum atomic E-state index is 5.64. The van der Waals surface area contributed by atoms with Gasteiger partial charge >= 0.3 is 0 Å². The topological polar surface area (TPSA) is 30.5 Å². The summed E-state index contributed by atoms with van der Waals surface area (Å²) in [5, 5.41) is 3.44. The van der Waals surface area contributed by atoms with Gasteiger partial charge in [0.1, 0.15) is 12.4 Å². The second kappa shape index (κ2) is 6.99. The number of ether oxygens (including phenoxy) is 2. The molecule has 2 rings (SSSR count). The van der Waals surface area contributed by atoms with Crippen molar-refractivity contribution >= 4 is 15.9 Å². The molecule has 1 saturated heterocycles. The van der Waals surface area contributed by atoms with Crippen LogP contribution in [0.1, 0.15) is 12.8 Å². The average Bonchev–Trinajstić information content (AvgIpc) is 2.36. The van der Waals surface area contributed by atoms with E-state index in [9.17, 15) is 0 Å². The van der Waals surface area contributed by atoms with Crippen molar-refractivity contribution in [3.63, 3.8) is 0 Å². The summed E-state index contributed by atoms with van der Waals surface area (Å²) in [6.07, 6.45) is 2.36. The molecule has 0 bridgehead atoms. The lowest BCUT2D eigenvalue weighted by molar-refractivity contribution is 0.0693. The van der Waals surface area contributed by atoms with Gasteiger partial charge in [0.15, 0.2) is 0 Å². The fraction of sp³-hybridized carbons (Fsp3) is 0.538. The highest BCUT2D eigenvalue weighted by Crippen LogP contribution is 2.17. The highest BCUT2D eigenvalue weighted by molar-refractivity contribution is 9.10. The van der Waals surface area contributed by atoms with Crippen LogP contribution in [0.25, 0.3) is 0 Å². The summed E-state index contributed by atoms with van der Waals surface area (Å²) in [6.45, 7) is 3.29. The van der Waals surface area contributed by atoms with Crippen LogP contribution in [-0.4, -0.2) is 32.4 Å². The molecule has 1 aliphatic heterocycles. The van der Waals surface area contributed by atoms with Gasteiger partial charge in [-0.3, -0.25) is 0 Å². The number of hydrogen-bond acceptors (Lipinski definition) is 3. The summed E-state index contributed by atoms with van der Waals surface area (Å²) >= 11 is 3.42. The third-order valence-corrected chi connectivity index (χ3v) is 3.25. The first-order chi connectivity index (χ1) is 8.34. The van der Waals surface area contributed by atoms with Crippen molar-refractivity contribution in [3.05, 3.63) is 28.7 Å². The molecule has 3 nitrogen and oxygen atoms in total. The van der Waals surface area contributed by atoms with Crippen LogP contribution in [0, 0.1) is 0 Å². The Bertz CT molecular complexity index is 340. The molecule has 0 aliphatic carbocycles. The Morgan fingerprint density at radius 1 is 1.47 bits per heavy atom. The van der Waals surface area contributed by atoms with E-state index in [0.717, 1.165) is 36.4 Å². The monoisotopic (exact) mass is 299 g/mol. The molecular weight excluding hydrogens is 282 g/mol. The second-order valence-corrected chi connectivity index (χ2v) is 5.09. The zero-order chi connectivity index (χ0) is 11.9. The minimum absolute atomic E-state index is 0.495. The molecule has 1 atom stereocenters. The van der Waals surface area contributed by atoms with E-state index in [0.29, 0.717) is 12.6 Å². The van der Waals surface area contributed by atoms with Crippen LogP contribution in [0.3, 0.4) is 0 Å². The number of nitrogens with one attached hydrogen (secondary N) is 1. The van der Waals surface area contributed by atoms with Crippen LogP contribution in [0.4, 0.5) is 0 Å². The van der Waals surface area contributed by atoms with E-state index in [1.54, 1.807) is 0 Å². The van der Waals surface area contributed by atoms with E-state index in [-0.39, 0.29) is 0 Å². The first kappa shape index (κ1) is 12.9. The van der Waals surface area contributed by atoms with Crippen LogP contribution in [0.2, 0.25) is 0 Å². The summed E-state index contributed by atoms with van der Waals surface area (Å²) in [4.78, 5) is 0. The third kappa shape index (κ3) is 4.66. The van der Waals surface area contributed by atoms with Crippen LogP contribution in [0.15, 0.2) is 28.7 Å². The summed E-state index contributed by atoms with van der Waals surface area (Å²) in [7, 11) is 0. The normalized spacial score (nSPS) is 20.2. The van der Waals surface area contributed by atoms with Crippen LogP contribution in [-0.2, 0) is 4.74 Å². The fourth-order valence-corrected chi connectivity index (χ4v) is 2.27. The maximum absolute atomic E-state index is 5.64. The molecule has 4 heteroatoms. The van der Waals surface area contributed by atoms with Gasteiger partial charge in [-0.25, -0.2) is 0 Å². The lowest BCUT2D eigenvalue weighted by Gasteiger charge is -2.23. The molecule has 1 aliphatic rings. The lowest BCUT2D eigenvalue weighted by atomic mass is 10.1. The molecule has 1 aromatic carbocycles. The molecule has 1 aromatic rings. The van der Waals surface area contributed by atoms with E-state index >= 15 is 0 Å². The first-order valence-electron chi connectivity index (χ1n) is 6.04. The van der Waals surface area contributed by atoms with Gasteiger partial charge in [-0.15, -0.1) is 0 Å². The Morgan fingerprint density at radius 2 is 2.41 bits per heavy atom. The zero-order valence-electron chi connectivity index (χ0n) is 9.82. The SMILES string of the molecule is Brc1cccc(OCCNC2CCCOC2)c1. The summed E-state index contributed by atoms with van der Waals surface area (Å²) < 4.78 is 12.1. The van der Waals surface area contributed by atoms with Crippen molar-refractivity contribution < 1.29 is 9.47 Å². The van der Waals surface area contributed by atoms with Gasteiger partial charge in [0.2, 0.25) is 0 Å². The van der Waals surface area contributed by atoms with E-state index in [2.05, 4.69) is 21.2 Å². The second-order valence-electron chi connectivity index (χ2n) is 4.17. The summed E-state index contributed by atoms with van der Waals surface area (Å²) in [5.41, 5.74) is 0. The van der Waals surface area contributed by atoms with Gasteiger partial charge in [0.05, 0.1) is 6.61 Å². The Hall–Kier alpha value is -0.580. The molecule has 17 heavy (non-hydrogen) atoms. The van der Waals surface area contributed by atoms with E-state index < -0.39 is 0 Å². The molecule has 0 spiro atoms. The number of halogens is 1. The standard InChI is InChI=1S/C13H18BrNO2/c14-11-3-1-5-13(9-11)17-8-6-15-12-4-2-7-16-10-12/h1,3,5,9,12,15H,2,4,6-8,10H2. The van der Waals surface area contributed by atoms with Gasteiger partial charge in [-0.1, -0.05) is 22.0 Å². The van der Waals surface area contributed by atoms with Crippen molar-refractivity contribution in [1.29, 1.82) is 0 Å². The minimum atomic E-state index is 0.495. The average molecular weight is 300 g/mol. The fourth-order valence-electron chi connectivity index (χ4n) is 1.89. The Morgan fingerprint density at radius 3 is 3.18 bits per heavy atom. The van der Waals surface area contributed by atoms with Gasteiger partial charge in [-0.2, -0.15) is 0 Å². The minimum Gasteiger partial charge on any atom is -0.492 e. The van der Waals surface area contributed by atoms with Crippen molar-refractivity contribution in [2.75, 3.05) is 26.4 Å². The molecule has 0 saturated carbocycles. The van der Waals surface area contributed by atoms with Crippen LogP contribution in [0.5, 0.6) is 5.75 Å². The van der Waals surface area contributed by atoms with Crippen molar-refractivity contribution in [3.8, 4) is 5.75 Å². The Labute approximate surface area is 111 Å². The molecule has 0 radical (unpaired) electrons. The highest BCUT2D eigenvalue weighted by atomic mass is 79.9. The predicted octanol–water partition coefficient (Wildman–Crippen LogP) is 2.60. The molecule has 1 N–H and O–H groups in total. The maximum Gasteiger partial charge on any atom is 0.120 e. The third-order valence-electron chi connectivity index (χ3n) is 2.76. The highest BCUT2D eigenvalue weighted by Gasteiger charge is 2.12. The van der Waals surface area contributed by atoms with Gasteiger partial charge in [0, 0.05) is 23.7 Å². The molecule has 1 fully saturated rings. The van der Waals surface area contributed by atoms with Crippen molar-refractivity contribution in [1.82, 2.24) is 5.32 Å². The summed E-state index contributed by atoms with van der Waals surface area (Å²) in [6, 6.07) is 8.40. The van der Waals surface area contributed by atoms with E-state index in [4.69, 9.17) is 9.47 Å². The number of benzene rings is 1. The zero-order valence-corrected chi connectivity index (χ0v) is 11.4. The lowest BCUT2D eigenvalue weighted by Crippen LogP contribution is -2.38. The molecular formula is C13H18BrNO2. The molecule has 0 aromatic heterocycles. The smallest absolute Gasteiger partial charge is 0.120 e. The molecule has 1 heterocycles. The quantitative estimate of drug-likeness (QED) is 0.848. The van der Waals surface area contributed by atoms with E-state index in [1.807, 2.05) is 24.3 Å². The van der Waals surface area contributed by atoms with Crippen LogP contribution >= 0.6 is 15.9 Å². The van der Waals surface area contributed by atoms with E-state index in [1.165, 1.54) is 6.42 Å². The van der Waals surface area contributed by atoms with Crippen molar-refractivity contribution in [2.45, 2.75) is 18.9 Å². The van der Waals surface area contributed by atoms with Crippen LogP contribution < -0.4 is 10.1 Å². The number of hydrogen-bond donors (Lipinski definition) is 1. The Kier molecular flexibility index (Phi) is 5.29. The predicted molar refractivity (Wildman–Crippen MR) is 71.5 cm³/mol. The number of rotatable bonds is 5. The molecule has 0 amide bonds. The Balaban J connectivity index is 1.62. The van der Waals surface area contributed by atoms with Gasteiger partial charge < -0.3 is 14.8 Å². The first-order valence-corrected chi connectivity index (χ1v) is 6.83. The summed E-state index contributed by atoms with van der Waals surface area (Å²) in [5.74, 6) is 0.904. The van der Waals surface area contributed by atoms with Gasteiger partial charge in [-0.05, 0) is 31.0 Å².